The molecule has 1 aliphatic carbocycles. The number of ether oxygens (including phenoxy) is 1. The lowest BCUT2D eigenvalue weighted by molar-refractivity contribution is -0.137. The number of hydrogen-bond donors (Lipinski definition) is 2. The Morgan fingerprint density at radius 2 is 1.73 bits per heavy atom. The van der Waals surface area contributed by atoms with Crippen molar-refractivity contribution in [1.29, 1.82) is 0 Å². The maximum Gasteiger partial charge on any atom is 0.407 e. The van der Waals surface area contributed by atoms with Crippen LogP contribution in [0.4, 0.5) is 4.79 Å². The van der Waals surface area contributed by atoms with E-state index in [1.165, 1.54) is 0 Å². The molecule has 7 heteroatoms. The van der Waals surface area contributed by atoms with E-state index >= 15 is 0 Å². The molecule has 1 aromatic heterocycles. The van der Waals surface area contributed by atoms with E-state index in [1.54, 1.807) is 16.9 Å². The fraction of sp³-hybridized carbons (Fsp3) is 0.261. The Kier molecular flexibility index (Phi) is 5.52. The number of carboxylic acids is 1. The molecule has 1 amide bonds. The van der Waals surface area contributed by atoms with Gasteiger partial charge in [0.2, 0.25) is 0 Å². The summed E-state index contributed by atoms with van der Waals surface area (Å²) in [5, 5.41) is 16.1. The second kappa shape index (κ2) is 8.41. The second-order valence-corrected chi connectivity index (χ2v) is 7.19. The first-order chi connectivity index (χ1) is 14.6. The van der Waals surface area contributed by atoms with E-state index in [1.807, 2.05) is 43.3 Å². The normalized spacial score (nSPS) is 13.4. The fourth-order valence-electron chi connectivity index (χ4n) is 4.09. The van der Waals surface area contributed by atoms with Gasteiger partial charge in [-0.15, -0.1) is 0 Å². The summed E-state index contributed by atoms with van der Waals surface area (Å²) in [6.45, 7) is 2.65. The topological polar surface area (TPSA) is 93.5 Å². The Balaban J connectivity index is 1.48. The monoisotopic (exact) mass is 405 g/mol. The number of benzene rings is 2. The molecule has 0 radical (unpaired) electrons. The number of hydrogen-bond acceptors (Lipinski definition) is 4. The van der Waals surface area contributed by atoms with E-state index in [0.29, 0.717) is 12.2 Å². The molecule has 0 aliphatic heterocycles. The molecule has 3 aromatic rings. The van der Waals surface area contributed by atoms with Gasteiger partial charge in [0.25, 0.3) is 0 Å². The number of aromatic nitrogens is 2. The zero-order valence-electron chi connectivity index (χ0n) is 16.6. The maximum absolute atomic E-state index is 12.6. The first-order valence-corrected chi connectivity index (χ1v) is 9.93. The molecule has 0 saturated heterocycles. The molecular formula is C23H23N3O4. The summed E-state index contributed by atoms with van der Waals surface area (Å²) in [7, 11) is 0. The van der Waals surface area contributed by atoms with E-state index in [2.05, 4.69) is 22.5 Å². The van der Waals surface area contributed by atoms with Crippen molar-refractivity contribution in [3.8, 4) is 11.1 Å². The van der Waals surface area contributed by atoms with Crippen LogP contribution in [-0.4, -0.2) is 33.6 Å². The van der Waals surface area contributed by atoms with Crippen LogP contribution in [0.25, 0.3) is 11.1 Å². The van der Waals surface area contributed by atoms with Crippen molar-refractivity contribution in [3.63, 3.8) is 0 Å². The smallest absolute Gasteiger partial charge is 0.407 e. The Labute approximate surface area is 174 Å². The summed E-state index contributed by atoms with van der Waals surface area (Å²) >= 11 is 0. The number of rotatable bonds is 7. The van der Waals surface area contributed by atoms with E-state index in [4.69, 9.17) is 4.74 Å². The highest BCUT2D eigenvalue weighted by Gasteiger charge is 2.29. The fourth-order valence-corrected chi connectivity index (χ4v) is 4.09. The molecule has 4 rings (SSSR count). The number of alkyl carbamates (subject to hydrolysis) is 1. The predicted molar refractivity (Wildman–Crippen MR) is 111 cm³/mol. The summed E-state index contributed by atoms with van der Waals surface area (Å²) in [6.07, 6.45) is 0.690. The van der Waals surface area contributed by atoms with Crippen LogP contribution in [0.1, 0.15) is 42.1 Å². The van der Waals surface area contributed by atoms with Gasteiger partial charge in [0.15, 0.2) is 0 Å². The molecule has 1 atom stereocenters. The van der Waals surface area contributed by atoms with Crippen LogP contribution in [0, 0.1) is 0 Å². The van der Waals surface area contributed by atoms with Gasteiger partial charge in [0, 0.05) is 18.7 Å². The molecule has 1 aliphatic rings. The van der Waals surface area contributed by atoms with Gasteiger partial charge in [-0.1, -0.05) is 48.5 Å². The largest absolute Gasteiger partial charge is 0.481 e. The first kappa shape index (κ1) is 19.7. The third kappa shape index (κ3) is 3.78. The van der Waals surface area contributed by atoms with Crippen LogP contribution in [0.3, 0.4) is 0 Å². The van der Waals surface area contributed by atoms with Crippen LogP contribution < -0.4 is 5.32 Å². The Hall–Kier alpha value is -3.61. The van der Waals surface area contributed by atoms with Gasteiger partial charge >= 0.3 is 12.1 Å². The van der Waals surface area contributed by atoms with Gasteiger partial charge in [0.05, 0.1) is 18.2 Å². The van der Waals surface area contributed by atoms with Gasteiger partial charge < -0.3 is 15.2 Å². The van der Waals surface area contributed by atoms with Crippen molar-refractivity contribution in [2.45, 2.75) is 31.8 Å². The molecule has 2 N–H and O–H groups in total. The van der Waals surface area contributed by atoms with E-state index < -0.39 is 18.1 Å². The highest BCUT2D eigenvalue weighted by Crippen LogP contribution is 2.44. The number of fused-ring (bicyclic) bond motifs is 3. The van der Waals surface area contributed by atoms with Gasteiger partial charge in [-0.2, -0.15) is 5.10 Å². The number of nitrogens with one attached hydrogen (secondary N) is 1. The lowest BCUT2D eigenvalue weighted by atomic mass is 9.98. The zero-order valence-corrected chi connectivity index (χ0v) is 16.6. The quantitative estimate of drug-likeness (QED) is 0.621. The number of carbonyl (C=O) groups excluding carboxylic acids is 1. The average molecular weight is 405 g/mol. The summed E-state index contributed by atoms with van der Waals surface area (Å²) in [5.41, 5.74) is 5.18. The maximum atomic E-state index is 12.6. The van der Waals surface area contributed by atoms with Gasteiger partial charge in [-0.05, 0) is 35.2 Å². The minimum Gasteiger partial charge on any atom is -0.481 e. The first-order valence-electron chi connectivity index (χ1n) is 9.93. The van der Waals surface area contributed by atoms with E-state index in [0.717, 1.165) is 22.3 Å². The van der Waals surface area contributed by atoms with Crippen LogP contribution in [0.15, 0.2) is 60.8 Å². The number of carbonyl (C=O) groups is 2. The van der Waals surface area contributed by atoms with Crippen molar-refractivity contribution >= 4 is 12.1 Å². The lowest BCUT2D eigenvalue weighted by Crippen LogP contribution is -2.33. The predicted octanol–water partition coefficient (Wildman–Crippen LogP) is 3.96. The molecule has 30 heavy (non-hydrogen) atoms. The van der Waals surface area contributed by atoms with Crippen LogP contribution in [-0.2, 0) is 16.1 Å². The van der Waals surface area contributed by atoms with Crippen molar-refractivity contribution in [3.05, 3.63) is 77.6 Å². The van der Waals surface area contributed by atoms with Crippen LogP contribution in [0.2, 0.25) is 0 Å². The highest BCUT2D eigenvalue weighted by atomic mass is 16.5. The molecule has 2 aromatic carbocycles. The number of amides is 1. The molecule has 1 heterocycles. The molecule has 0 fully saturated rings. The standard InChI is InChI=1S/C23H23N3O4/c1-2-26-21(11-12-24-26)20(13-22(27)28)25-23(29)30-14-19-17-9-5-3-7-15(17)16-8-4-6-10-18(16)19/h3-12,19-20H,2,13-14H2,1H3,(H,25,29)(H,27,28)/t20-/m1/s1. The molecule has 0 unspecified atom stereocenters. The molecule has 154 valence electrons. The number of carboxylic acid groups (broad SMARTS) is 1. The SMILES string of the molecule is CCn1nccc1[C@@H](CC(=O)O)NC(=O)OCC1c2ccccc2-c2ccccc21. The van der Waals surface area contributed by atoms with Crippen LogP contribution >= 0.6 is 0 Å². The second-order valence-electron chi connectivity index (χ2n) is 7.19. The van der Waals surface area contributed by atoms with Crippen molar-refractivity contribution in [2.24, 2.45) is 0 Å². The van der Waals surface area contributed by atoms with E-state index in [9.17, 15) is 14.7 Å². The highest BCUT2D eigenvalue weighted by molar-refractivity contribution is 5.79. The summed E-state index contributed by atoms with van der Waals surface area (Å²) in [6, 6.07) is 17.2. The molecular weight excluding hydrogens is 382 g/mol. The zero-order chi connectivity index (χ0) is 21.1. The van der Waals surface area contributed by atoms with Crippen molar-refractivity contribution in [1.82, 2.24) is 15.1 Å². The number of aliphatic carboxylic acids is 1. The lowest BCUT2D eigenvalue weighted by Gasteiger charge is -2.19. The Morgan fingerprint density at radius 1 is 1.10 bits per heavy atom. The third-order valence-electron chi connectivity index (χ3n) is 5.42. The molecule has 0 spiro atoms. The minimum atomic E-state index is -1.01. The van der Waals surface area contributed by atoms with Crippen molar-refractivity contribution in [2.75, 3.05) is 6.61 Å². The molecule has 0 saturated carbocycles. The minimum absolute atomic E-state index is 0.0535. The van der Waals surface area contributed by atoms with Crippen molar-refractivity contribution < 1.29 is 19.4 Å². The summed E-state index contributed by atoms with van der Waals surface area (Å²) < 4.78 is 7.21. The average Bonchev–Trinajstić information content (AvgIpc) is 3.34. The van der Waals surface area contributed by atoms with Gasteiger partial charge in [-0.25, -0.2) is 4.79 Å². The Bertz CT molecular complexity index is 1030. The van der Waals surface area contributed by atoms with Gasteiger partial charge in [0.1, 0.15) is 6.61 Å². The summed E-state index contributed by atoms with van der Waals surface area (Å²) in [4.78, 5) is 23.9. The van der Waals surface area contributed by atoms with Crippen LogP contribution in [0.5, 0.6) is 0 Å². The van der Waals surface area contributed by atoms with E-state index in [-0.39, 0.29) is 18.9 Å². The third-order valence-corrected chi connectivity index (χ3v) is 5.42. The van der Waals surface area contributed by atoms with Gasteiger partial charge in [-0.3, -0.25) is 9.48 Å². The Morgan fingerprint density at radius 3 is 2.33 bits per heavy atom. The molecule has 0 bridgehead atoms. The molecule has 7 nitrogen and oxygen atoms in total. The number of nitrogens with zero attached hydrogens (tertiary/aromatic N) is 2. The summed E-state index contributed by atoms with van der Waals surface area (Å²) in [5.74, 6) is -1.06. The number of aryl methyl sites for hydroxylation is 1.